The fraction of sp³-hybridized carbons (Fsp3) is 0.207. The van der Waals surface area contributed by atoms with Crippen LogP contribution in [-0.2, 0) is 19.3 Å². The number of nitrogens with zero attached hydrogens (tertiary/aromatic N) is 3. The van der Waals surface area contributed by atoms with Gasteiger partial charge in [0.15, 0.2) is 0 Å². The third-order valence-corrected chi connectivity index (χ3v) is 6.55. The summed E-state index contributed by atoms with van der Waals surface area (Å²) in [6.07, 6.45) is 0.0620. The van der Waals surface area contributed by atoms with Gasteiger partial charge in [0.05, 0.1) is 12.2 Å². The lowest BCUT2D eigenvalue weighted by atomic mass is 10.0. The van der Waals surface area contributed by atoms with Gasteiger partial charge in [0.25, 0.3) is 5.56 Å². The van der Waals surface area contributed by atoms with Crippen LogP contribution in [0.2, 0.25) is 0 Å². The lowest BCUT2D eigenvalue weighted by Crippen LogP contribution is -2.29. The van der Waals surface area contributed by atoms with Gasteiger partial charge in [0.2, 0.25) is 0 Å². The predicted molar refractivity (Wildman–Crippen MR) is 139 cm³/mol. The number of halogens is 3. The number of alkyl halides is 3. The van der Waals surface area contributed by atoms with Gasteiger partial charge < -0.3 is 14.3 Å². The first kappa shape index (κ1) is 25.3. The number of hydrogen-bond acceptors (Lipinski definition) is 4. The van der Waals surface area contributed by atoms with Crippen molar-refractivity contribution in [3.05, 3.63) is 111 Å². The van der Waals surface area contributed by atoms with E-state index in [0.717, 1.165) is 44.1 Å². The molecule has 0 unspecified atom stereocenters. The van der Waals surface area contributed by atoms with Crippen molar-refractivity contribution >= 4 is 10.9 Å². The van der Waals surface area contributed by atoms with Gasteiger partial charge in [0, 0.05) is 46.5 Å². The Morgan fingerprint density at radius 1 is 1.03 bits per heavy atom. The van der Waals surface area contributed by atoms with E-state index < -0.39 is 17.3 Å². The zero-order valence-corrected chi connectivity index (χ0v) is 21.1. The molecule has 0 aliphatic carbocycles. The normalized spacial score (nSPS) is 11.7. The average Bonchev–Trinajstić information content (AvgIpc) is 3.29. The number of H-pyrrole nitrogens is 1. The molecule has 1 aromatic carbocycles. The summed E-state index contributed by atoms with van der Waals surface area (Å²) in [6, 6.07) is 13.6. The van der Waals surface area contributed by atoms with Gasteiger partial charge >= 0.3 is 6.18 Å². The second-order valence-electron chi connectivity index (χ2n) is 9.19. The molecule has 4 aromatic heterocycles. The highest BCUT2D eigenvalue weighted by molar-refractivity contribution is 5.97. The van der Waals surface area contributed by atoms with Crippen molar-refractivity contribution in [2.24, 2.45) is 0 Å². The topological polar surface area (TPSA) is 72.8 Å². The number of fused-ring (bicyclic) bond motifs is 1. The molecule has 5 aromatic rings. The summed E-state index contributed by atoms with van der Waals surface area (Å²) in [6.45, 7) is 5.82. The van der Waals surface area contributed by atoms with Crippen LogP contribution in [0.1, 0.15) is 33.6 Å². The molecular formula is C29H25F3N4O2. The van der Waals surface area contributed by atoms with E-state index in [4.69, 9.17) is 9.72 Å². The van der Waals surface area contributed by atoms with Gasteiger partial charge in [-0.05, 0) is 68.3 Å². The third-order valence-electron chi connectivity index (χ3n) is 6.55. The lowest BCUT2D eigenvalue weighted by molar-refractivity contribution is -0.138. The van der Waals surface area contributed by atoms with E-state index in [0.29, 0.717) is 22.5 Å². The van der Waals surface area contributed by atoms with Gasteiger partial charge in [0.1, 0.15) is 23.4 Å². The van der Waals surface area contributed by atoms with Crippen LogP contribution < -0.4 is 10.3 Å². The Morgan fingerprint density at radius 2 is 1.84 bits per heavy atom. The summed E-state index contributed by atoms with van der Waals surface area (Å²) in [5.41, 5.74) is 4.35. The Labute approximate surface area is 216 Å². The van der Waals surface area contributed by atoms with Crippen LogP contribution in [0, 0.1) is 20.8 Å². The molecule has 6 nitrogen and oxygen atoms in total. The predicted octanol–water partition coefficient (Wildman–Crippen LogP) is 6.36. The van der Waals surface area contributed by atoms with Crippen molar-refractivity contribution < 1.29 is 17.9 Å². The number of aryl methyl sites for hydroxylation is 3. The zero-order valence-electron chi connectivity index (χ0n) is 21.1. The van der Waals surface area contributed by atoms with Gasteiger partial charge in [-0.15, -0.1) is 0 Å². The Morgan fingerprint density at radius 3 is 2.58 bits per heavy atom. The zero-order chi connectivity index (χ0) is 27.0. The molecule has 38 heavy (non-hydrogen) atoms. The molecule has 0 radical (unpaired) electrons. The van der Waals surface area contributed by atoms with E-state index >= 15 is 0 Å². The van der Waals surface area contributed by atoms with Crippen molar-refractivity contribution in [1.29, 1.82) is 0 Å². The minimum absolute atomic E-state index is 0.105. The largest absolute Gasteiger partial charge is 0.487 e. The number of hydrogen-bond donors (Lipinski definition) is 1. The highest BCUT2D eigenvalue weighted by atomic mass is 19.4. The van der Waals surface area contributed by atoms with Crippen molar-refractivity contribution in [2.75, 3.05) is 0 Å². The number of aromatic amines is 1. The maximum absolute atomic E-state index is 13.3. The SMILES string of the molecule is Cc1cc(-c2[nH]ccc2C)c2cccc(OCc3c(C)ccnc3Cn3cccc(C(F)(F)F)c3=O)c2n1. The van der Waals surface area contributed by atoms with Gasteiger partial charge in [-0.3, -0.25) is 9.78 Å². The maximum atomic E-state index is 13.3. The standard InChI is InChI=1S/C29H25F3N4O2/c1-17-9-11-33-24(15-36-13-5-7-23(28(36)37)29(30,31)32)22(17)16-38-25-8-4-6-20-21(14-19(3)35-27(20)25)26-18(2)10-12-34-26/h4-14,34H,15-16H2,1-3H3. The van der Waals surface area contributed by atoms with Crippen LogP contribution in [-0.4, -0.2) is 19.5 Å². The van der Waals surface area contributed by atoms with Gasteiger partial charge in [-0.25, -0.2) is 4.98 Å². The van der Waals surface area contributed by atoms with E-state index in [9.17, 15) is 18.0 Å². The van der Waals surface area contributed by atoms with Crippen LogP contribution in [0.3, 0.4) is 0 Å². The molecule has 194 valence electrons. The maximum Gasteiger partial charge on any atom is 0.421 e. The first-order valence-electron chi connectivity index (χ1n) is 12.0. The minimum atomic E-state index is -4.73. The van der Waals surface area contributed by atoms with Crippen molar-refractivity contribution in [3.8, 4) is 17.0 Å². The third kappa shape index (κ3) is 4.79. The molecule has 0 fully saturated rings. The molecule has 0 amide bonds. The number of pyridine rings is 3. The second kappa shape index (κ2) is 9.81. The van der Waals surface area contributed by atoms with E-state index in [-0.39, 0.29) is 13.2 Å². The molecule has 0 aliphatic rings. The molecule has 0 spiro atoms. The summed E-state index contributed by atoms with van der Waals surface area (Å²) in [7, 11) is 0. The Kier molecular flexibility index (Phi) is 6.52. The Balaban J connectivity index is 1.50. The highest BCUT2D eigenvalue weighted by Crippen LogP contribution is 2.34. The van der Waals surface area contributed by atoms with Gasteiger partial charge in [-0.1, -0.05) is 12.1 Å². The average molecular weight is 519 g/mol. The first-order chi connectivity index (χ1) is 18.1. The summed E-state index contributed by atoms with van der Waals surface area (Å²) >= 11 is 0. The number of rotatable bonds is 6. The summed E-state index contributed by atoms with van der Waals surface area (Å²) in [4.78, 5) is 24.9. The molecule has 1 N–H and O–H groups in total. The molecule has 0 aliphatic heterocycles. The minimum Gasteiger partial charge on any atom is -0.487 e. The van der Waals surface area contributed by atoms with Crippen LogP contribution in [0.5, 0.6) is 5.75 Å². The number of ether oxygens (including phenoxy) is 1. The van der Waals surface area contributed by atoms with E-state index in [1.165, 1.54) is 12.3 Å². The molecule has 0 saturated carbocycles. The van der Waals surface area contributed by atoms with Gasteiger partial charge in [-0.2, -0.15) is 13.2 Å². The van der Waals surface area contributed by atoms with Crippen molar-refractivity contribution in [3.63, 3.8) is 0 Å². The summed E-state index contributed by atoms with van der Waals surface area (Å²) in [5.74, 6) is 0.571. The Bertz CT molecular complexity index is 1700. The fourth-order valence-electron chi connectivity index (χ4n) is 4.58. The number of para-hydroxylation sites is 1. The van der Waals surface area contributed by atoms with Crippen LogP contribution in [0.4, 0.5) is 13.2 Å². The number of aromatic nitrogens is 4. The number of benzene rings is 1. The summed E-state index contributed by atoms with van der Waals surface area (Å²) < 4.78 is 47.0. The molecule has 9 heteroatoms. The number of nitrogens with one attached hydrogen (secondary N) is 1. The first-order valence-corrected chi connectivity index (χ1v) is 12.0. The van der Waals surface area contributed by atoms with Crippen LogP contribution in [0.25, 0.3) is 22.2 Å². The molecule has 0 atom stereocenters. The fourth-order valence-corrected chi connectivity index (χ4v) is 4.58. The molecule has 4 heterocycles. The summed E-state index contributed by atoms with van der Waals surface area (Å²) in [5, 5.41) is 0.928. The molecular weight excluding hydrogens is 493 g/mol. The smallest absolute Gasteiger partial charge is 0.421 e. The van der Waals surface area contributed by atoms with Crippen molar-refractivity contribution in [2.45, 2.75) is 40.1 Å². The van der Waals surface area contributed by atoms with Crippen molar-refractivity contribution in [1.82, 2.24) is 19.5 Å². The second-order valence-corrected chi connectivity index (χ2v) is 9.19. The van der Waals surface area contributed by atoms with E-state index in [2.05, 4.69) is 9.97 Å². The lowest BCUT2D eigenvalue weighted by Gasteiger charge is -2.16. The van der Waals surface area contributed by atoms with E-state index in [1.54, 1.807) is 12.3 Å². The monoisotopic (exact) mass is 518 g/mol. The molecule has 0 saturated heterocycles. The molecule has 0 bridgehead atoms. The Hall–Kier alpha value is -4.40. The quantitative estimate of drug-likeness (QED) is 0.284. The van der Waals surface area contributed by atoms with Crippen LogP contribution >= 0.6 is 0 Å². The molecule has 5 rings (SSSR count). The highest BCUT2D eigenvalue weighted by Gasteiger charge is 2.34. The van der Waals surface area contributed by atoms with E-state index in [1.807, 2.05) is 57.3 Å². The van der Waals surface area contributed by atoms with Crippen LogP contribution in [0.15, 0.2) is 71.9 Å².